The summed E-state index contributed by atoms with van der Waals surface area (Å²) in [6.07, 6.45) is 6.07. The fourth-order valence-corrected chi connectivity index (χ4v) is 3.33. The van der Waals surface area contributed by atoms with Gasteiger partial charge in [-0.3, -0.25) is 4.90 Å². The minimum atomic E-state index is 0.195. The molecule has 1 N–H and O–H groups in total. The average molecular weight is 264 g/mol. The van der Waals surface area contributed by atoms with Crippen LogP contribution in [0.15, 0.2) is 4.52 Å². The van der Waals surface area contributed by atoms with Gasteiger partial charge in [-0.15, -0.1) is 0 Å². The van der Waals surface area contributed by atoms with E-state index in [1.54, 1.807) is 0 Å². The van der Waals surface area contributed by atoms with Crippen molar-refractivity contribution < 1.29 is 4.52 Å². The number of hydrogen-bond donors (Lipinski definition) is 1. The second kappa shape index (κ2) is 5.21. The first-order chi connectivity index (χ1) is 9.25. The number of nitrogens with zero attached hydrogens (tertiary/aromatic N) is 3. The van der Waals surface area contributed by atoms with Crippen molar-refractivity contribution in [3.8, 4) is 0 Å². The number of nitrogens with one attached hydrogen (secondary N) is 1. The Balaban J connectivity index is 1.78. The standard InChI is InChI=1S/C14H24N4O/c1-3-5-14(6-4-7-14)13-16-12(17-19-13)11-10-15-8-9-18(11)2/h11,15H,3-10H2,1-2H3. The molecule has 1 unspecified atom stereocenters. The number of rotatable bonds is 4. The van der Waals surface area contributed by atoms with Crippen molar-refractivity contribution in [1.29, 1.82) is 0 Å². The monoisotopic (exact) mass is 264 g/mol. The van der Waals surface area contributed by atoms with Crippen LogP contribution in [0.2, 0.25) is 0 Å². The number of aromatic nitrogens is 2. The number of piperazine rings is 1. The van der Waals surface area contributed by atoms with E-state index in [0.717, 1.165) is 31.3 Å². The topological polar surface area (TPSA) is 54.2 Å². The predicted molar refractivity (Wildman–Crippen MR) is 73.0 cm³/mol. The second-order valence-corrected chi connectivity index (χ2v) is 6.04. The average Bonchev–Trinajstić information content (AvgIpc) is 2.84. The summed E-state index contributed by atoms with van der Waals surface area (Å²) in [6, 6.07) is 0.255. The van der Waals surface area contributed by atoms with E-state index in [1.165, 1.54) is 32.1 Å². The lowest BCUT2D eigenvalue weighted by atomic mass is 9.66. The zero-order chi connectivity index (χ0) is 13.3. The minimum absolute atomic E-state index is 0.195. The Morgan fingerprint density at radius 2 is 2.32 bits per heavy atom. The highest BCUT2D eigenvalue weighted by atomic mass is 16.5. The maximum Gasteiger partial charge on any atom is 0.232 e. The van der Waals surface area contributed by atoms with E-state index in [0.29, 0.717) is 0 Å². The Morgan fingerprint density at radius 1 is 1.47 bits per heavy atom. The van der Waals surface area contributed by atoms with Gasteiger partial charge in [-0.05, 0) is 26.3 Å². The third kappa shape index (κ3) is 2.30. The van der Waals surface area contributed by atoms with Crippen LogP contribution in [0, 0.1) is 0 Å². The van der Waals surface area contributed by atoms with Gasteiger partial charge in [0, 0.05) is 25.0 Å². The zero-order valence-corrected chi connectivity index (χ0v) is 12.0. The van der Waals surface area contributed by atoms with Gasteiger partial charge in [0.2, 0.25) is 5.89 Å². The summed E-state index contributed by atoms with van der Waals surface area (Å²) >= 11 is 0. The Labute approximate surface area is 114 Å². The fourth-order valence-electron chi connectivity index (χ4n) is 3.33. The highest BCUT2D eigenvalue weighted by Gasteiger charge is 2.43. The van der Waals surface area contributed by atoms with Crippen molar-refractivity contribution in [2.24, 2.45) is 0 Å². The van der Waals surface area contributed by atoms with Gasteiger partial charge in [-0.2, -0.15) is 4.98 Å². The van der Waals surface area contributed by atoms with Gasteiger partial charge in [-0.1, -0.05) is 24.9 Å². The molecule has 19 heavy (non-hydrogen) atoms. The molecule has 0 amide bonds. The van der Waals surface area contributed by atoms with Crippen molar-refractivity contribution in [1.82, 2.24) is 20.4 Å². The van der Waals surface area contributed by atoms with E-state index >= 15 is 0 Å². The van der Waals surface area contributed by atoms with Gasteiger partial charge in [0.15, 0.2) is 5.82 Å². The molecule has 106 valence electrons. The lowest BCUT2D eigenvalue weighted by Crippen LogP contribution is -2.44. The first-order valence-electron chi connectivity index (χ1n) is 7.50. The van der Waals surface area contributed by atoms with Gasteiger partial charge in [0.1, 0.15) is 0 Å². The van der Waals surface area contributed by atoms with Crippen LogP contribution in [-0.2, 0) is 5.41 Å². The number of likely N-dealkylation sites (N-methyl/N-ethyl adjacent to an activating group) is 1. The Kier molecular flexibility index (Phi) is 3.58. The Morgan fingerprint density at radius 3 is 2.95 bits per heavy atom. The van der Waals surface area contributed by atoms with Crippen LogP contribution in [-0.4, -0.2) is 41.7 Å². The summed E-state index contributed by atoms with van der Waals surface area (Å²) in [6.45, 7) is 5.22. The van der Waals surface area contributed by atoms with Crippen LogP contribution in [0.25, 0.3) is 0 Å². The maximum atomic E-state index is 5.61. The molecule has 0 aromatic carbocycles. The summed E-state index contributed by atoms with van der Waals surface area (Å²) in [4.78, 5) is 7.04. The molecule has 1 aliphatic carbocycles. The minimum Gasteiger partial charge on any atom is -0.339 e. The van der Waals surface area contributed by atoms with Crippen LogP contribution in [0.1, 0.15) is 56.8 Å². The van der Waals surface area contributed by atoms with E-state index in [9.17, 15) is 0 Å². The smallest absolute Gasteiger partial charge is 0.232 e. The molecule has 1 aromatic rings. The predicted octanol–water partition coefficient (Wildman–Crippen LogP) is 1.87. The molecular formula is C14H24N4O. The second-order valence-electron chi connectivity index (χ2n) is 6.04. The van der Waals surface area contributed by atoms with Gasteiger partial charge in [0.25, 0.3) is 0 Å². The highest BCUT2D eigenvalue weighted by Crippen LogP contribution is 2.46. The molecule has 2 fully saturated rings. The first-order valence-corrected chi connectivity index (χ1v) is 7.50. The van der Waals surface area contributed by atoms with Gasteiger partial charge in [-0.25, -0.2) is 0 Å². The third-order valence-electron chi connectivity index (χ3n) is 4.74. The molecule has 1 aliphatic heterocycles. The molecule has 0 radical (unpaired) electrons. The molecule has 1 saturated heterocycles. The first kappa shape index (κ1) is 13.1. The van der Waals surface area contributed by atoms with Crippen LogP contribution in [0.3, 0.4) is 0 Å². The molecule has 0 bridgehead atoms. The van der Waals surface area contributed by atoms with Crippen LogP contribution in [0.4, 0.5) is 0 Å². The molecule has 2 aliphatic rings. The van der Waals surface area contributed by atoms with Crippen molar-refractivity contribution in [3.05, 3.63) is 11.7 Å². The largest absolute Gasteiger partial charge is 0.339 e. The molecule has 3 rings (SSSR count). The van der Waals surface area contributed by atoms with E-state index in [4.69, 9.17) is 9.51 Å². The van der Waals surface area contributed by atoms with Crippen LogP contribution >= 0.6 is 0 Å². The van der Waals surface area contributed by atoms with Crippen molar-refractivity contribution in [2.75, 3.05) is 26.7 Å². The van der Waals surface area contributed by atoms with Crippen molar-refractivity contribution in [3.63, 3.8) is 0 Å². The van der Waals surface area contributed by atoms with E-state index in [-0.39, 0.29) is 11.5 Å². The van der Waals surface area contributed by atoms with Crippen molar-refractivity contribution in [2.45, 2.75) is 50.5 Å². The summed E-state index contributed by atoms with van der Waals surface area (Å²) in [5.41, 5.74) is 0.195. The normalized spacial score (nSPS) is 27.2. The fraction of sp³-hybridized carbons (Fsp3) is 0.857. The Hall–Kier alpha value is -0.940. The molecular weight excluding hydrogens is 240 g/mol. The van der Waals surface area contributed by atoms with E-state index < -0.39 is 0 Å². The third-order valence-corrected chi connectivity index (χ3v) is 4.74. The lowest BCUT2D eigenvalue weighted by molar-refractivity contribution is 0.159. The Bertz CT molecular complexity index is 427. The van der Waals surface area contributed by atoms with Gasteiger partial charge < -0.3 is 9.84 Å². The molecule has 1 saturated carbocycles. The SMILES string of the molecule is CCCC1(c2nc(C3CNCCN3C)no2)CCC1. The molecule has 5 heteroatoms. The van der Waals surface area contributed by atoms with E-state index in [1.807, 2.05) is 0 Å². The molecule has 1 atom stereocenters. The quantitative estimate of drug-likeness (QED) is 0.899. The van der Waals surface area contributed by atoms with Crippen molar-refractivity contribution >= 4 is 0 Å². The summed E-state index contributed by atoms with van der Waals surface area (Å²) in [7, 11) is 2.13. The van der Waals surface area contributed by atoms with Crippen LogP contribution < -0.4 is 5.32 Å². The van der Waals surface area contributed by atoms with Gasteiger partial charge in [0.05, 0.1) is 6.04 Å². The number of hydrogen-bond acceptors (Lipinski definition) is 5. The van der Waals surface area contributed by atoms with Crippen LogP contribution in [0.5, 0.6) is 0 Å². The lowest BCUT2D eigenvalue weighted by Gasteiger charge is -2.38. The summed E-state index contributed by atoms with van der Waals surface area (Å²) < 4.78 is 5.61. The van der Waals surface area contributed by atoms with E-state index in [2.05, 4.69) is 29.3 Å². The zero-order valence-electron chi connectivity index (χ0n) is 12.0. The van der Waals surface area contributed by atoms with Gasteiger partial charge >= 0.3 is 0 Å². The maximum absolute atomic E-state index is 5.61. The summed E-state index contributed by atoms with van der Waals surface area (Å²) in [5.74, 6) is 1.74. The molecule has 1 aromatic heterocycles. The molecule has 0 spiro atoms. The summed E-state index contributed by atoms with van der Waals surface area (Å²) in [5, 5.41) is 7.65. The molecule has 2 heterocycles. The molecule has 5 nitrogen and oxygen atoms in total. The highest BCUT2D eigenvalue weighted by molar-refractivity contribution is 5.11.